The quantitative estimate of drug-likeness (QED) is 0.591. The van der Waals surface area contributed by atoms with E-state index in [1.807, 2.05) is 36.4 Å². The maximum atomic E-state index is 9.75. The third-order valence-electron chi connectivity index (χ3n) is 2.91. The van der Waals surface area contributed by atoms with Gasteiger partial charge in [-0.25, -0.2) is 0 Å². The topological polar surface area (TPSA) is 39.2 Å². The van der Waals surface area contributed by atoms with Crippen LogP contribution in [-0.4, -0.2) is 11.0 Å². The Kier molecular flexibility index (Phi) is 7.79. The van der Waals surface area contributed by atoms with Crippen molar-refractivity contribution in [2.75, 3.05) is 0 Å². The zero-order chi connectivity index (χ0) is 17.1. The summed E-state index contributed by atoms with van der Waals surface area (Å²) in [5.74, 6) is -0.329. The predicted octanol–water partition coefficient (Wildman–Crippen LogP) is 4.98. The molecule has 3 nitrogen and oxygen atoms in total. The Morgan fingerprint density at radius 2 is 1.78 bits per heavy atom. The number of carbonyl (C=O) groups excluding carboxylic acids is 1. The molecule has 0 amide bonds. The Labute approximate surface area is 137 Å². The van der Waals surface area contributed by atoms with Gasteiger partial charge in [0.25, 0.3) is 0 Å². The fourth-order valence-electron chi connectivity index (χ4n) is 1.91. The molecule has 0 N–H and O–H groups in total. The van der Waals surface area contributed by atoms with Gasteiger partial charge in [-0.05, 0) is 41.8 Å². The Morgan fingerprint density at radius 3 is 2.30 bits per heavy atom. The van der Waals surface area contributed by atoms with Crippen molar-refractivity contribution in [2.24, 2.45) is 0 Å². The highest BCUT2D eigenvalue weighted by atomic mass is 16.5. The lowest BCUT2D eigenvalue weighted by atomic mass is 10.00. The van der Waals surface area contributed by atoms with Crippen LogP contribution in [0.25, 0.3) is 17.7 Å². The maximum absolute atomic E-state index is 9.75. The molecule has 0 fully saturated rings. The van der Waals surface area contributed by atoms with Crippen LogP contribution in [-0.2, 0) is 9.53 Å². The first-order chi connectivity index (χ1) is 11.1. The summed E-state index contributed by atoms with van der Waals surface area (Å²) in [6, 6.07) is 14.1. The number of benzene rings is 1. The van der Waals surface area contributed by atoms with Crippen molar-refractivity contribution in [1.82, 2.24) is 4.98 Å². The largest absolute Gasteiger partial charge is 0.435 e. The van der Waals surface area contributed by atoms with Gasteiger partial charge in [0.15, 0.2) is 0 Å². The van der Waals surface area contributed by atoms with Gasteiger partial charge in [-0.2, -0.15) is 0 Å². The molecule has 0 atom stereocenters. The summed E-state index contributed by atoms with van der Waals surface area (Å²) in [5.41, 5.74) is 4.52. The van der Waals surface area contributed by atoms with E-state index < -0.39 is 0 Å². The molecule has 2 aromatic rings. The smallest absolute Gasteiger partial charge is 0.307 e. The van der Waals surface area contributed by atoms with Crippen LogP contribution < -0.4 is 0 Å². The highest BCUT2D eigenvalue weighted by Gasteiger charge is 2.00. The molecule has 118 valence electrons. The highest BCUT2D eigenvalue weighted by Crippen LogP contribution is 2.21. The molecule has 0 saturated carbocycles. The summed E-state index contributed by atoms with van der Waals surface area (Å²) in [6.07, 6.45) is 6.87. The zero-order valence-electron chi connectivity index (χ0n) is 13.5. The summed E-state index contributed by atoms with van der Waals surface area (Å²) >= 11 is 0. The van der Waals surface area contributed by atoms with Gasteiger partial charge in [0, 0.05) is 13.1 Å². The normalized spacial score (nSPS) is 10.1. The molecule has 0 bridgehead atoms. The van der Waals surface area contributed by atoms with E-state index in [2.05, 4.69) is 48.0 Å². The van der Waals surface area contributed by atoms with Crippen molar-refractivity contribution < 1.29 is 9.53 Å². The number of hydrogen-bond acceptors (Lipinski definition) is 3. The molecule has 1 heterocycles. The fraction of sp³-hybridized carbons (Fsp3) is 0.100. The lowest BCUT2D eigenvalue weighted by molar-refractivity contribution is -0.135. The molecule has 0 unspecified atom stereocenters. The number of aromatic nitrogens is 1. The van der Waals surface area contributed by atoms with E-state index in [9.17, 15) is 4.79 Å². The molecular formula is C20H21NO2. The summed E-state index contributed by atoms with van der Waals surface area (Å²) in [4.78, 5) is 14.0. The van der Waals surface area contributed by atoms with Crippen molar-refractivity contribution in [3.05, 3.63) is 84.9 Å². The van der Waals surface area contributed by atoms with Gasteiger partial charge in [-0.1, -0.05) is 49.6 Å². The molecule has 0 saturated heterocycles. The summed E-state index contributed by atoms with van der Waals surface area (Å²) < 4.78 is 4.17. The number of allylic oxidation sites excluding steroid dienone is 1. The van der Waals surface area contributed by atoms with E-state index in [0.29, 0.717) is 0 Å². The van der Waals surface area contributed by atoms with E-state index in [-0.39, 0.29) is 5.97 Å². The summed E-state index contributed by atoms with van der Waals surface area (Å²) in [7, 11) is 0. The minimum absolute atomic E-state index is 0.329. The highest BCUT2D eigenvalue weighted by molar-refractivity contribution is 5.83. The molecule has 0 aliphatic carbocycles. The number of pyridine rings is 1. The molecule has 1 aromatic carbocycles. The third-order valence-corrected chi connectivity index (χ3v) is 2.91. The van der Waals surface area contributed by atoms with E-state index in [1.165, 1.54) is 18.1 Å². The lowest BCUT2D eigenvalue weighted by Gasteiger charge is -2.06. The lowest BCUT2D eigenvalue weighted by Crippen LogP contribution is -1.87. The second kappa shape index (κ2) is 9.90. The minimum Gasteiger partial charge on any atom is -0.435 e. The predicted molar refractivity (Wildman–Crippen MR) is 96.3 cm³/mol. The number of nitrogens with zero attached hydrogens (tertiary/aromatic N) is 1. The van der Waals surface area contributed by atoms with Crippen molar-refractivity contribution >= 4 is 23.7 Å². The number of ether oxygens (including phenoxy) is 1. The first-order valence-corrected chi connectivity index (χ1v) is 7.17. The molecule has 0 radical (unpaired) electrons. The SMILES string of the molecule is C=COC(C)=O.C=Cc1ccccc1C(C)=Cc1ccccn1. The van der Waals surface area contributed by atoms with Crippen LogP contribution in [0.15, 0.2) is 68.1 Å². The van der Waals surface area contributed by atoms with Gasteiger partial charge in [0.1, 0.15) is 0 Å². The van der Waals surface area contributed by atoms with Crippen LogP contribution in [0, 0.1) is 0 Å². The molecule has 0 aliphatic heterocycles. The van der Waals surface area contributed by atoms with Crippen molar-refractivity contribution in [1.29, 1.82) is 0 Å². The van der Waals surface area contributed by atoms with Gasteiger partial charge in [0.05, 0.1) is 12.0 Å². The van der Waals surface area contributed by atoms with E-state index in [1.54, 1.807) is 6.20 Å². The number of rotatable bonds is 4. The molecular weight excluding hydrogens is 286 g/mol. The Bertz CT molecular complexity index is 688. The van der Waals surface area contributed by atoms with Crippen LogP contribution in [0.3, 0.4) is 0 Å². The fourth-order valence-corrected chi connectivity index (χ4v) is 1.91. The second-order valence-corrected chi connectivity index (χ2v) is 4.65. The van der Waals surface area contributed by atoms with Gasteiger partial charge < -0.3 is 4.74 Å². The van der Waals surface area contributed by atoms with Crippen LogP contribution >= 0.6 is 0 Å². The number of hydrogen-bond donors (Lipinski definition) is 0. The Morgan fingerprint density at radius 1 is 1.09 bits per heavy atom. The maximum Gasteiger partial charge on any atom is 0.307 e. The molecule has 0 spiro atoms. The van der Waals surface area contributed by atoms with E-state index in [0.717, 1.165) is 17.5 Å². The number of carbonyl (C=O) groups is 1. The van der Waals surface area contributed by atoms with Gasteiger partial charge >= 0.3 is 5.97 Å². The average molecular weight is 307 g/mol. The third kappa shape index (κ3) is 6.57. The molecule has 1 aromatic heterocycles. The van der Waals surface area contributed by atoms with Crippen molar-refractivity contribution in [3.8, 4) is 0 Å². The summed E-state index contributed by atoms with van der Waals surface area (Å²) in [6.45, 7) is 10.4. The molecule has 3 heteroatoms. The molecule has 0 aliphatic rings. The monoisotopic (exact) mass is 307 g/mol. The molecule has 23 heavy (non-hydrogen) atoms. The van der Waals surface area contributed by atoms with Crippen molar-refractivity contribution in [2.45, 2.75) is 13.8 Å². The standard InChI is InChI=1S/C16H15N.C4H6O2/c1-3-14-8-4-5-10-16(14)13(2)12-15-9-6-7-11-17-15;1-3-6-4(2)5/h3-12H,1H2,2H3;3H,1H2,2H3. The molecule has 2 rings (SSSR count). The Hall–Kier alpha value is -2.94. The van der Waals surface area contributed by atoms with Gasteiger partial charge in [0.2, 0.25) is 0 Å². The average Bonchev–Trinajstić information content (AvgIpc) is 2.56. The van der Waals surface area contributed by atoms with Crippen molar-refractivity contribution in [3.63, 3.8) is 0 Å². The Balaban J connectivity index is 0.000000379. The summed E-state index contributed by atoms with van der Waals surface area (Å²) in [5, 5.41) is 0. The minimum atomic E-state index is -0.329. The first-order valence-electron chi connectivity index (χ1n) is 7.17. The van der Waals surface area contributed by atoms with Gasteiger partial charge in [-0.3, -0.25) is 9.78 Å². The van der Waals surface area contributed by atoms with Crippen LogP contribution in [0.1, 0.15) is 30.7 Å². The zero-order valence-corrected chi connectivity index (χ0v) is 13.5. The second-order valence-electron chi connectivity index (χ2n) is 4.65. The van der Waals surface area contributed by atoms with Crippen LogP contribution in [0.5, 0.6) is 0 Å². The van der Waals surface area contributed by atoms with Crippen LogP contribution in [0.2, 0.25) is 0 Å². The number of esters is 1. The van der Waals surface area contributed by atoms with E-state index >= 15 is 0 Å². The van der Waals surface area contributed by atoms with Crippen LogP contribution in [0.4, 0.5) is 0 Å². The van der Waals surface area contributed by atoms with E-state index in [4.69, 9.17) is 0 Å². The first kappa shape index (κ1) is 18.1. The van der Waals surface area contributed by atoms with Gasteiger partial charge in [-0.15, -0.1) is 0 Å².